The summed E-state index contributed by atoms with van der Waals surface area (Å²) >= 11 is 4.11. The number of hydrogen-bond acceptors (Lipinski definition) is 0. The van der Waals surface area contributed by atoms with Crippen molar-refractivity contribution in [1.82, 2.24) is 0 Å². The molecule has 0 amide bonds. The standard InChI is InChI=1S/C3H7BrSe/c1-2-3-5-4/h2-3H2,1H3. The molecule has 0 aromatic carbocycles. The second-order valence-corrected chi connectivity index (χ2v) is 4.51. The Morgan fingerprint density at radius 2 is 2.40 bits per heavy atom. The summed E-state index contributed by atoms with van der Waals surface area (Å²) < 4.78 is 0. The van der Waals surface area contributed by atoms with E-state index in [1.54, 1.807) is 0 Å². The Hall–Kier alpha value is 0.999. The Balaban J connectivity index is 2.19. The fourth-order valence-corrected chi connectivity index (χ4v) is 2.08. The van der Waals surface area contributed by atoms with Crippen LogP contribution in [0.2, 0.25) is 5.32 Å². The van der Waals surface area contributed by atoms with Gasteiger partial charge in [0.2, 0.25) is 0 Å². The van der Waals surface area contributed by atoms with Gasteiger partial charge < -0.3 is 0 Å². The maximum absolute atomic E-state index is 3.37. The molecule has 5 heavy (non-hydrogen) atoms. The average Bonchev–Trinajstić information content (AvgIpc) is 1.41. The summed E-state index contributed by atoms with van der Waals surface area (Å²) in [6.07, 6.45) is 1.32. The van der Waals surface area contributed by atoms with Gasteiger partial charge in [-0.2, -0.15) is 0 Å². The molecule has 0 saturated heterocycles. The van der Waals surface area contributed by atoms with Crippen molar-refractivity contribution in [3.63, 3.8) is 0 Å². The van der Waals surface area contributed by atoms with Crippen molar-refractivity contribution in [1.29, 1.82) is 0 Å². The van der Waals surface area contributed by atoms with Crippen LogP contribution in [0.4, 0.5) is 0 Å². The van der Waals surface area contributed by atoms with Crippen LogP contribution in [-0.2, 0) is 0 Å². The summed E-state index contributed by atoms with van der Waals surface area (Å²) in [4.78, 5) is 0. The number of hydrogen-bond donors (Lipinski definition) is 0. The molecular formula is C3H7BrSe. The minimum absolute atomic E-state index is 0.738. The molecule has 0 aliphatic carbocycles. The quantitative estimate of drug-likeness (QED) is 0.599. The van der Waals surface area contributed by atoms with E-state index in [9.17, 15) is 0 Å². The van der Waals surface area contributed by atoms with Crippen LogP contribution in [0.15, 0.2) is 0 Å². The third-order valence-corrected chi connectivity index (χ3v) is 3.14. The Morgan fingerprint density at radius 3 is 2.40 bits per heavy atom. The molecule has 2 heteroatoms. The number of halogens is 1. The molecule has 0 unspecified atom stereocenters. The van der Waals surface area contributed by atoms with Crippen LogP contribution in [0.1, 0.15) is 13.3 Å². The van der Waals surface area contributed by atoms with Gasteiger partial charge in [-0.05, 0) is 0 Å². The molecule has 0 radical (unpaired) electrons. The average molecular weight is 202 g/mol. The summed E-state index contributed by atoms with van der Waals surface area (Å²) in [5.41, 5.74) is 0. The van der Waals surface area contributed by atoms with Crippen LogP contribution in [0, 0.1) is 0 Å². The predicted molar refractivity (Wildman–Crippen MR) is 29.8 cm³/mol. The molecule has 0 aliphatic rings. The van der Waals surface area contributed by atoms with Crippen LogP contribution in [0.25, 0.3) is 0 Å². The van der Waals surface area contributed by atoms with Gasteiger partial charge in [-0.25, -0.2) is 0 Å². The Kier molecular flexibility index (Phi) is 6.00. The van der Waals surface area contributed by atoms with Crippen molar-refractivity contribution in [3.8, 4) is 0 Å². The summed E-state index contributed by atoms with van der Waals surface area (Å²) in [5.74, 6) is 0. The molecule has 0 fully saturated rings. The van der Waals surface area contributed by atoms with E-state index in [1.165, 1.54) is 11.7 Å². The van der Waals surface area contributed by atoms with Gasteiger partial charge in [-0.15, -0.1) is 0 Å². The van der Waals surface area contributed by atoms with Gasteiger partial charge >= 0.3 is 45.9 Å². The summed E-state index contributed by atoms with van der Waals surface area (Å²) in [6.45, 7) is 2.20. The van der Waals surface area contributed by atoms with E-state index < -0.39 is 0 Å². The van der Waals surface area contributed by atoms with Crippen LogP contribution in [0.3, 0.4) is 0 Å². The molecule has 0 aromatic heterocycles. The van der Waals surface area contributed by atoms with Crippen LogP contribution in [-0.4, -0.2) is 13.1 Å². The van der Waals surface area contributed by atoms with Crippen LogP contribution in [0.5, 0.6) is 0 Å². The molecular weight excluding hydrogens is 195 g/mol. The fraction of sp³-hybridized carbons (Fsp3) is 1.00. The van der Waals surface area contributed by atoms with Gasteiger partial charge in [0.15, 0.2) is 0 Å². The van der Waals surface area contributed by atoms with Crippen molar-refractivity contribution in [2.75, 3.05) is 0 Å². The van der Waals surface area contributed by atoms with Crippen LogP contribution >= 0.6 is 14.1 Å². The third kappa shape index (κ3) is 5.00. The Morgan fingerprint density at radius 1 is 1.80 bits per heavy atom. The van der Waals surface area contributed by atoms with Gasteiger partial charge in [-0.1, -0.05) is 0 Å². The maximum atomic E-state index is 3.37. The summed E-state index contributed by atoms with van der Waals surface area (Å²) in [6, 6.07) is 0. The van der Waals surface area contributed by atoms with Gasteiger partial charge in [0.25, 0.3) is 0 Å². The van der Waals surface area contributed by atoms with Crippen molar-refractivity contribution >= 4 is 27.3 Å². The SMILES string of the molecule is CCC[Se]Br. The molecule has 0 rings (SSSR count). The van der Waals surface area contributed by atoms with Gasteiger partial charge in [-0.3, -0.25) is 0 Å². The van der Waals surface area contributed by atoms with Crippen molar-refractivity contribution in [2.24, 2.45) is 0 Å². The monoisotopic (exact) mass is 202 g/mol. The van der Waals surface area contributed by atoms with Crippen molar-refractivity contribution in [3.05, 3.63) is 0 Å². The Bertz CT molecular complexity index is 14.4. The first-order valence-electron chi connectivity index (χ1n) is 1.65. The summed E-state index contributed by atoms with van der Waals surface area (Å²) in [5, 5.41) is 1.37. The molecule has 0 aromatic rings. The molecule has 0 spiro atoms. The third-order valence-electron chi connectivity index (χ3n) is 0.281. The van der Waals surface area contributed by atoms with E-state index in [0.29, 0.717) is 0 Å². The first kappa shape index (κ1) is 6.00. The van der Waals surface area contributed by atoms with E-state index in [4.69, 9.17) is 0 Å². The molecule has 0 atom stereocenters. The van der Waals surface area contributed by atoms with Gasteiger partial charge in [0, 0.05) is 0 Å². The normalized spacial score (nSPS) is 8.40. The summed E-state index contributed by atoms with van der Waals surface area (Å²) in [7, 11) is 0. The van der Waals surface area contributed by atoms with Crippen molar-refractivity contribution < 1.29 is 0 Å². The van der Waals surface area contributed by atoms with E-state index in [1.807, 2.05) is 0 Å². The first-order chi connectivity index (χ1) is 2.41. The zero-order chi connectivity index (χ0) is 4.12. The van der Waals surface area contributed by atoms with Gasteiger partial charge in [0.1, 0.15) is 0 Å². The fourth-order valence-electron chi connectivity index (χ4n) is 0.0772. The molecule has 32 valence electrons. The van der Waals surface area contributed by atoms with E-state index in [2.05, 4.69) is 21.0 Å². The predicted octanol–water partition coefficient (Wildman–Crippen LogP) is 1.83. The van der Waals surface area contributed by atoms with E-state index >= 15 is 0 Å². The number of rotatable bonds is 2. The molecule has 0 nitrogen and oxygen atoms in total. The van der Waals surface area contributed by atoms with E-state index in [-0.39, 0.29) is 0 Å². The molecule has 0 aliphatic heterocycles. The minimum atomic E-state index is 0.738. The first-order valence-corrected chi connectivity index (χ1v) is 6.87. The van der Waals surface area contributed by atoms with Crippen molar-refractivity contribution in [2.45, 2.75) is 18.7 Å². The topological polar surface area (TPSA) is 0 Å². The molecule has 0 saturated carbocycles. The van der Waals surface area contributed by atoms with E-state index in [0.717, 1.165) is 13.1 Å². The zero-order valence-electron chi connectivity index (χ0n) is 3.20. The Labute approximate surface area is 46.2 Å². The molecule has 0 N–H and O–H groups in total. The molecule has 0 heterocycles. The van der Waals surface area contributed by atoms with Crippen LogP contribution < -0.4 is 0 Å². The molecule has 0 bridgehead atoms. The second-order valence-electron chi connectivity index (χ2n) is 0.813. The van der Waals surface area contributed by atoms with Gasteiger partial charge in [0.05, 0.1) is 0 Å². The zero-order valence-corrected chi connectivity index (χ0v) is 6.50. The second kappa shape index (κ2) is 5.00.